The molecule has 6 heteroatoms. The molecule has 0 saturated carbocycles. The summed E-state index contributed by atoms with van der Waals surface area (Å²) in [5, 5.41) is 9.53. The van der Waals surface area contributed by atoms with Crippen molar-refractivity contribution in [2.45, 2.75) is 19.1 Å². The second-order valence-corrected chi connectivity index (χ2v) is 6.03. The standard InChI is InChI=1S/C17H16ClN3O2/c1-11-10-23-16(13-3-2-4-14(18)6-13)9-21(11)17(22)15-5-12(7-19)8-20-15/h2-6,8,11,16,20H,9-10H2,1H3/t11-,16+/m1/s1. The van der Waals surface area contributed by atoms with Crippen LogP contribution in [0.1, 0.15) is 34.6 Å². The topological polar surface area (TPSA) is 69.1 Å². The van der Waals surface area contributed by atoms with Crippen LogP contribution in [-0.4, -0.2) is 35.0 Å². The van der Waals surface area contributed by atoms with E-state index in [0.717, 1.165) is 5.56 Å². The lowest BCUT2D eigenvalue weighted by Gasteiger charge is -2.38. The van der Waals surface area contributed by atoms with Crippen LogP contribution >= 0.6 is 11.6 Å². The molecule has 118 valence electrons. The molecule has 2 aromatic rings. The van der Waals surface area contributed by atoms with Crippen molar-refractivity contribution in [1.29, 1.82) is 5.26 Å². The van der Waals surface area contributed by atoms with E-state index in [0.29, 0.717) is 29.4 Å². The third-order valence-electron chi connectivity index (χ3n) is 3.96. The normalized spacial score (nSPS) is 21.0. The van der Waals surface area contributed by atoms with Gasteiger partial charge >= 0.3 is 0 Å². The summed E-state index contributed by atoms with van der Waals surface area (Å²) < 4.78 is 5.86. The summed E-state index contributed by atoms with van der Waals surface area (Å²) in [6.07, 6.45) is 1.33. The molecule has 0 unspecified atom stereocenters. The molecule has 0 spiro atoms. The van der Waals surface area contributed by atoms with E-state index in [1.807, 2.05) is 37.3 Å². The molecular formula is C17H16ClN3O2. The Labute approximate surface area is 139 Å². The molecule has 0 radical (unpaired) electrons. The maximum absolute atomic E-state index is 12.7. The number of carbonyl (C=O) groups is 1. The highest BCUT2D eigenvalue weighted by molar-refractivity contribution is 6.30. The zero-order valence-electron chi connectivity index (χ0n) is 12.6. The number of carbonyl (C=O) groups excluding carboxylic acids is 1. The maximum Gasteiger partial charge on any atom is 0.270 e. The van der Waals surface area contributed by atoms with E-state index in [1.54, 1.807) is 11.0 Å². The van der Waals surface area contributed by atoms with E-state index in [4.69, 9.17) is 21.6 Å². The van der Waals surface area contributed by atoms with Crippen LogP contribution in [0.3, 0.4) is 0 Å². The molecular weight excluding hydrogens is 314 g/mol. The largest absolute Gasteiger partial charge is 0.370 e. The first-order valence-electron chi connectivity index (χ1n) is 7.35. The van der Waals surface area contributed by atoms with Crippen LogP contribution in [0.2, 0.25) is 5.02 Å². The number of nitrogens with one attached hydrogen (secondary N) is 1. The van der Waals surface area contributed by atoms with Crippen LogP contribution in [0.25, 0.3) is 0 Å². The van der Waals surface area contributed by atoms with Crippen molar-refractivity contribution in [2.75, 3.05) is 13.2 Å². The number of nitrogens with zero attached hydrogens (tertiary/aromatic N) is 2. The number of rotatable bonds is 2. The Morgan fingerprint density at radius 1 is 1.48 bits per heavy atom. The van der Waals surface area contributed by atoms with Crippen LogP contribution in [0.5, 0.6) is 0 Å². The molecule has 1 N–H and O–H groups in total. The molecule has 2 heterocycles. The van der Waals surface area contributed by atoms with Gasteiger partial charge in [-0.1, -0.05) is 23.7 Å². The molecule has 0 aliphatic carbocycles. The fourth-order valence-corrected chi connectivity index (χ4v) is 2.88. The van der Waals surface area contributed by atoms with Crippen molar-refractivity contribution in [2.24, 2.45) is 0 Å². The monoisotopic (exact) mass is 329 g/mol. The van der Waals surface area contributed by atoms with Crippen LogP contribution in [0, 0.1) is 11.3 Å². The Balaban J connectivity index is 1.81. The van der Waals surface area contributed by atoms with Crippen molar-refractivity contribution < 1.29 is 9.53 Å². The summed E-state index contributed by atoms with van der Waals surface area (Å²) in [4.78, 5) is 17.3. The third kappa shape index (κ3) is 3.24. The van der Waals surface area contributed by atoms with Gasteiger partial charge in [0.1, 0.15) is 17.9 Å². The molecule has 1 amide bonds. The number of amides is 1. The van der Waals surface area contributed by atoms with Crippen molar-refractivity contribution in [3.05, 3.63) is 58.4 Å². The molecule has 1 aliphatic rings. The fourth-order valence-electron chi connectivity index (χ4n) is 2.69. The van der Waals surface area contributed by atoms with E-state index in [2.05, 4.69) is 4.98 Å². The molecule has 1 saturated heterocycles. The van der Waals surface area contributed by atoms with Crippen LogP contribution in [0.4, 0.5) is 0 Å². The number of hydrogen-bond donors (Lipinski definition) is 1. The van der Waals surface area contributed by atoms with E-state index < -0.39 is 0 Å². The number of halogens is 1. The van der Waals surface area contributed by atoms with Crippen molar-refractivity contribution in [3.63, 3.8) is 0 Å². The fraction of sp³-hybridized carbons (Fsp3) is 0.294. The summed E-state index contributed by atoms with van der Waals surface area (Å²) >= 11 is 6.03. The number of morpholine rings is 1. The number of H-pyrrole nitrogens is 1. The van der Waals surface area contributed by atoms with Gasteiger partial charge < -0.3 is 14.6 Å². The van der Waals surface area contributed by atoms with Gasteiger partial charge in [0.25, 0.3) is 5.91 Å². The van der Waals surface area contributed by atoms with Crippen LogP contribution in [0.15, 0.2) is 36.5 Å². The first-order chi connectivity index (χ1) is 11.1. The first-order valence-corrected chi connectivity index (χ1v) is 7.73. The molecule has 5 nitrogen and oxygen atoms in total. The summed E-state index contributed by atoms with van der Waals surface area (Å²) in [6.45, 7) is 2.84. The smallest absolute Gasteiger partial charge is 0.270 e. The predicted octanol–water partition coefficient (Wildman–Crippen LogP) is 3.14. The quantitative estimate of drug-likeness (QED) is 0.920. The minimum atomic E-state index is -0.209. The van der Waals surface area contributed by atoms with E-state index in [-0.39, 0.29) is 18.1 Å². The first kappa shape index (κ1) is 15.6. The van der Waals surface area contributed by atoms with Gasteiger partial charge in [0.15, 0.2) is 0 Å². The summed E-state index contributed by atoms with van der Waals surface area (Å²) in [6, 6.07) is 11.0. The Bertz CT molecular complexity index is 765. The minimum absolute atomic E-state index is 0.0354. The molecule has 3 rings (SSSR count). The maximum atomic E-state index is 12.7. The van der Waals surface area contributed by atoms with Gasteiger partial charge in [-0.2, -0.15) is 5.26 Å². The number of ether oxygens (including phenoxy) is 1. The number of aromatic amines is 1. The second kappa shape index (κ2) is 6.45. The average molecular weight is 330 g/mol. The van der Waals surface area contributed by atoms with Gasteiger partial charge in [0.2, 0.25) is 0 Å². The molecule has 23 heavy (non-hydrogen) atoms. The summed E-state index contributed by atoms with van der Waals surface area (Å²) in [5.41, 5.74) is 1.81. The van der Waals surface area contributed by atoms with E-state index >= 15 is 0 Å². The molecule has 2 atom stereocenters. The Morgan fingerprint density at radius 3 is 3.00 bits per heavy atom. The van der Waals surface area contributed by atoms with Gasteiger partial charge in [-0.15, -0.1) is 0 Å². The highest BCUT2D eigenvalue weighted by atomic mass is 35.5. The number of aromatic nitrogens is 1. The Morgan fingerprint density at radius 2 is 2.30 bits per heavy atom. The second-order valence-electron chi connectivity index (χ2n) is 5.60. The molecule has 1 aromatic carbocycles. The molecule has 1 aliphatic heterocycles. The minimum Gasteiger partial charge on any atom is -0.370 e. The Kier molecular flexibility index (Phi) is 4.37. The van der Waals surface area contributed by atoms with Crippen LogP contribution < -0.4 is 0 Å². The van der Waals surface area contributed by atoms with Crippen molar-refractivity contribution in [3.8, 4) is 6.07 Å². The van der Waals surface area contributed by atoms with E-state index in [9.17, 15) is 4.79 Å². The van der Waals surface area contributed by atoms with Gasteiger partial charge in [-0.25, -0.2) is 0 Å². The average Bonchev–Trinajstić information content (AvgIpc) is 3.04. The third-order valence-corrected chi connectivity index (χ3v) is 4.19. The highest BCUT2D eigenvalue weighted by Crippen LogP contribution is 2.27. The zero-order chi connectivity index (χ0) is 16.4. The Hall–Kier alpha value is -2.29. The molecule has 0 bridgehead atoms. The van der Waals surface area contributed by atoms with Gasteiger partial charge in [-0.3, -0.25) is 4.79 Å². The highest BCUT2D eigenvalue weighted by Gasteiger charge is 2.31. The predicted molar refractivity (Wildman–Crippen MR) is 86.2 cm³/mol. The lowest BCUT2D eigenvalue weighted by atomic mass is 10.1. The number of benzene rings is 1. The van der Waals surface area contributed by atoms with Crippen molar-refractivity contribution in [1.82, 2.24) is 9.88 Å². The zero-order valence-corrected chi connectivity index (χ0v) is 13.4. The van der Waals surface area contributed by atoms with Crippen molar-refractivity contribution >= 4 is 17.5 Å². The van der Waals surface area contributed by atoms with E-state index in [1.165, 1.54) is 6.20 Å². The van der Waals surface area contributed by atoms with Crippen LogP contribution in [-0.2, 0) is 4.74 Å². The number of hydrogen-bond acceptors (Lipinski definition) is 3. The van der Waals surface area contributed by atoms with Gasteiger partial charge in [0.05, 0.1) is 24.8 Å². The lowest BCUT2D eigenvalue weighted by molar-refractivity contribution is -0.0488. The van der Waals surface area contributed by atoms with Gasteiger partial charge in [0, 0.05) is 11.2 Å². The molecule has 1 aromatic heterocycles. The molecule has 1 fully saturated rings. The summed E-state index contributed by atoms with van der Waals surface area (Å²) in [7, 11) is 0. The SMILES string of the molecule is C[C@@H]1CO[C@H](c2cccc(Cl)c2)CN1C(=O)c1cc(C#N)c[nH]1. The van der Waals surface area contributed by atoms with Gasteiger partial charge in [-0.05, 0) is 30.7 Å². The number of nitriles is 1. The summed E-state index contributed by atoms with van der Waals surface area (Å²) in [5.74, 6) is -0.130. The lowest BCUT2D eigenvalue weighted by Crippen LogP contribution is -2.48.